The molecule has 0 unspecified atom stereocenters. The summed E-state index contributed by atoms with van der Waals surface area (Å²) in [6.07, 6.45) is 4.27. The van der Waals surface area contributed by atoms with Crippen LogP contribution in [0.3, 0.4) is 0 Å². The van der Waals surface area contributed by atoms with E-state index < -0.39 is 0 Å². The van der Waals surface area contributed by atoms with Crippen LogP contribution in [0.15, 0.2) is 54.6 Å². The number of benzene rings is 2. The fourth-order valence-corrected chi connectivity index (χ4v) is 1.89. The predicted molar refractivity (Wildman–Crippen MR) is 74.4 cm³/mol. The smallest absolute Gasteiger partial charge is 0.0283 e. The first-order valence-electron chi connectivity index (χ1n) is 5.26. The Bertz CT molecular complexity index is 472. The molecule has 0 radical (unpaired) electrons. The number of alkyl halides is 1. The zero-order chi connectivity index (χ0) is 11.2. The zero-order valence-corrected chi connectivity index (χ0v) is 10.5. The van der Waals surface area contributed by atoms with Gasteiger partial charge in [0, 0.05) is 5.33 Å². The van der Waals surface area contributed by atoms with E-state index in [0.717, 1.165) is 5.33 Å². The molecule has 0 aliphatic rings. The lowest BCUT2D eigenvalue weighted by Crippen LogP contribution is -1.78. The zero-order valence-electron chi connectivity index (χ0n) is 8.94. The molecule has 2 aromatic rings. The van der Waals surface area contributed by atoms with Crippen molar-refractivity contribution in [1.29, 1.82) is 0 Å². The lowest BCUT2D eigenvalue weighted by atomic mass is 10.1. The van der Waals surface area contributed by atoms with Gasteiger partial charge in [-0.3, -0.25) is 0 Å². The summed E-state index contributed by atoms with van der Waals surface area (Å²) in [5.74, 6) is 0. The fraction of sp³-hybridized carbons (Fsp3) is 0.0667. The molecule has 0 atom stereocenters. The second kappa shape index (κ2) is 5.66. The molecule has 0 spiro atoms. The molecule has 80 valence electrons. The summed E-state index contributed by atoms with van der Waals surface area (Å²) in [7, 11) is 0. The summed E-state index contributed by atoms with van der Waals surface area (Å²) in [6.45, 7) is 0. The van der Waals surface area contributed by atoms with Crippen molar-refractivity contribution < 1.29 is 0 Å². The van der Waals surface area contributed by atoms with E-state index in [4.69, 9.17) is 0 Å². The quantitative estimate of drug-likeness (QED) is 0.559. The second-order valence-corrected chi connectivity index (χ2v) is 4.18. The molecule has 0 bridgehead atoms. The third-order valence-corrected chi connectivity index (χ3v) is 3.02. The molecular weight excluding hydrogens is 260 g/mol. The Kier molecular flexibility index (Phi) is 3.95. The van der Waals surface area contributed by atoms with Crippen LogP contribution in [0, 0.1) is 0 Å². The Morgan fingerprint density at radius 3 is 2.25 bits per heavy atom. The number of halogens is 1. The summed E-state index contributed by atoms with van der Waals surface area (Å²) in [4.78, 5) is 0. The van der Waals surface area contributed by atoms with Crippen LogP contribution >= 0.6 is 15.9 Å². The minimum Gasteiger partial charge on any atom is -0.0876 e. The van der Waals surface area contributed by atoms with Crippen molar-refractivity contribution in [2.75, 3.05) is 0 Å². The van der Waals surface area contributed by atoms with Crippen LogP contribution in [0.4, 0.5) is 0 Å². The molecule has 0 aliphatic heterocycles. The van der Waals surface area contributed by atoms with E-state index in [9.17, 15) is 0 Å². The van der Waals surface area contributed by atoms with Gasteiger partial charge < -0.3 is 0 Å². The summed E-state index contributed by atoms with van der Waals surface area (Å²) in [6, 6.07) is 18.8. The average molecular weight is 273 g/mol. The van der Waals surface area contributed by atoms with Crippen molar-refractivity contribution >= 4 is 28.1 Å². The van der Waals surface area contributed by atoms with E-state index in [1.165, 1.54) is 16.7 Å². The third-order valence-electron chi connectivity index (χ3n) is 2.37. The summed E-state index contributed by atoms with van der Waals surface area (Å²) in [5, 5.41) is 0.903. The highest BCUT2D eigenvalue weighted by molar-refractivity contribution is 9.08. The van der Waals surface area contributed by atoms with Crippen LogP contribution in [0.5, 0.6) is 0 Å². The van der Waals surface area contributed by atoms with Gasteiger partial charge in [-0.15, -0.1) is 0 Å². The Labute approximate surface area is 105 Å². The van der Waals surface area contributed by atoms with Crippen molar-refractivity contribution in [2.24, 2.45) is 0 Å². The van der Waals surface area contributed by atoms with E-state index in [0.29, 0.717) is 0 Å². The normalized spacial score (nSPS) is 10.8. The van der Waals surface area contributed by atoms with E-state index in [1.54, 1.807) is 0 Å². The van der Waals surface area contributed by atoms with Gasteiger partial charge in [0.05, 0.1) is 0 Å². The standard InChI is InChI=1S/C15H13Br/c16-12-15-8-4-7-14(11-15)10-9-13-5-2-1-3-6-13/h1-11H,12H2/b10-9+. The minimum atomic E-state index is 0.903. The second-order valence-electron chi connectivity index (χ2n) is 3.62. The maximum atomic E-state index is 3.46. The first kappa shape index (κ1) is 11.2. The van der Waals surface area contributed by atoms with Gasteiger partial charge in [-0.2, -0.15) is 0 Å². The lowest BCUT2D eigenvalue weighted by molar-refractivity contribution is 1.43. The highest BCUT2D eigenvalue weighted by atomic mass is 79.9. The molecule has 0 nitrogen and oxygen atoms in total. The van der Waals surface area contributed by atoms with Crippen LogP contribution in [-0.2, 0) is 5.33 Å². The number of hydrogen-bond acceptors (Lipinski definition) is 0. The predicted octanol–water partition coefficient (Wildman–Crippen LogP) is 4.75. The third kappa shape index (κ3) is 3.07. The van der Waals surface area contributed by atoms with Crippen LogP contribution < -0.4 is 0 Å². The Hall–Kier alpha value is -1.34. The highest BCUT2D eigenvalue weighted by Crippen LogP contribution is 2.12. The molecule has 2 aromatic carbocycles. The molecular formula is C15H13Br. The molecule has 0 fully saturated rings. The van der Waals surface area contributed by atoms with Crippen molar-refractivity contribution in [2.45, 2.75) is 5.33 Å². The minimum absolute atomic E-state index is 0.903. The van der Waals surface area contributed by atoms with E-state index in [2.05, 4.69) is 76.6 Å². The van der Waals surface area contributed by atoms with Gasteiger partial charge in [-0.25, -0.2) is 0 Å². The lowest BCUT2D eigenvalue weighted by Gasteiger charge is -1.97. The monoisotopic (exact) mass is 272 g/mol. The largest absolute Gasteiger partial charge is 0.0876 e. The van der Waals surface area contributed by atoms with Gasteiger partial charge in [0.15, 0.2) is 0 Å². The summed E-state index contributed by atoms with van der Waals surface area (Å²) < 4.78 is 0. The molecule has 0 saturated carbocycles. The Morgan fingerprint density at radius 1 is 0.812 bits per heavy atom. The van der Waals surface area contributed by atoms with Gasteiger partial charge in [0.25, 0.3) is 0 Å². The van der Waals surface area contributed by atoms with Crippen LogP contribution in [0.2, 0.25) is 0 Å². The summed E-state index contributed by atoms with van der Waals surface area (Å²) >= 11 is 3.46. The van der Waals surface area contributed by atoms with E-state index >= 15 is 0 Å². The Balaban J connectivity index is 2.17. The number of rotatable bonds is 3. The van der Waals surface area contributed by atoms with Gasteiger partial charge in [-0.05, 0) is 16.7 Å². The molecule has 16 heavy (non-hydrogen) atoms. The van der Waals surface area contributed by atoms with E-state index in [1.807, 2.05) is 6.07 Å². The van der Waals surface area contributed by atoms with Gasteiger partial charge in [-0.1, -0.05) is 82.7 Å². The first-order chi connectivity index (χ1) is 7.88. The Morgan fingerprint density at radius 2 is 1.50 bits per heavy atom. The summed E-state index contributed by atoms with van der Waals surface area (Å²) in [5.41, 5.74) is 3.77. The molecule has 0 aromatic heterocycles. The van der Waals surface area contributed by atoms with Crippen LogP contribution in [0.25, 0.3) is 12.2 Å². The van der Waals surface area contributed by atoms with Crippen LogP contribution in [-0.4, -0.2) is 0 Å². The SMILES string of the molecule is BrCc1cccc(/C=C/c2ccccc2)c1. The molecule has 1 heteroatoms. The first-order valence-corrected chi connectivity index (χ1v) is 6.39. The highest BCUT2D eigenvalue weighted by Gasteiger charge is 1.91. The van der Waals surface area contributed by atoms with Crippen molar-refractivity contribution in [3.63, 3.8) is 0 Å². The van der Waals surface area contributed by atoms with Crippen molar-refractivity contribution in [1.82, 2.24) is 0 Å². The molecule has 0 amide bonds. The molecule has 2 rings (SSSR count). The molecule has 0 N–H and O–H groups in total. The number of hydrogen-bond donors (Lipinski definition) is 0. The van der Waals surface area contributed by atoms with Gasteiger partial charge in [0.1, 0.15) is 0 Å². The van der Waals surface area contributed by atoms with Crippen LogP contribution in [0.1, 0.15) is 16.7 Å². The van der Waals surface area contributed by atoms with E-state index in [-0.39, 0.29) is 0 Å². The van der Waals surface area contributed by atoms with Gasteiger partial charge >= 0.3 is 0 Å². The molecule has 0 saturated heterocycles. The molecule has 0 aliphatic carbocycles. The van der Waals surface area contributed by atoms with Gasteiger partial charge in [0.2, 0.25) is 0 Å². The fourth-order valence-electron chi connectivity index (χ4n) is 1.54. The topological polar surface area (TPSA) is 0 Å². The average Bonchev–Trinajstić information content (AvgIpc) is 2.38. The van der Waals surface area contributed by atoms with Crippen molar-refractivity contribution in [3.8, 4) is 0 Å². The van der Waals surface area contributed by atoms with Crippen molar-refractivity contribution in [3.05, 3.63) is 71.3 Å². The molecule has 0 heterocycles. The maximum Gasteiger partial charge on any atom is 0.0283 e. The maximum absolute atomic E-state index is 3.46.